The van der Waals surface area contributed by atoms with Crippen molar-refractivity contribution < 1.29 is 78.3 Å². The molecule has 4 aliphatic carbocycles. The van der Waals surface area contributed by atoms with Crippen LogP contribution >= 0.6 is 0 Å². The number of carboxylic acids is 2. The van der Waals surface area contributed by atoms with Gasteiger partial charge in [0.2, 0.25) is 5.91 Å². The first-order chi connectivity index (χ1) is 26.1. The summed E-state index contributed by atoms with van der Waals surface area (Å²) >= 11 is 0. The molecule has 56 heavy (non-hydrogen) atoms. The predicted octanol–water partition coefficient (Wildman–Crippen LogP) is 2.74. The molecule has 312 valence electrons. The van der Waals surface area contributed by atoms with Crippen molar-refractivity contribution in [3.05, 3.63) is 11.6 Å². The first-order valence-corrected chi connectivity index (χ1v) is 20.9. The number of amides is 2. The van der Waals surface area contributed by atoms with Gasteiger partial charge in [0.05, 0.1) is 39.4 Å². The average Bonchev–Trinajstić information content (AvgIpc) is 3.48. The Morgan fingerprint density at radius 3 is 2.38 bits per heavy atom. The Kier molecular flexibility index (Phi) is 19.6. The molecule has 4 aliphatic rings. The van der Waals surface area contributed by atoms with E-state index in [0.717, 1.165) is 54.8 Å². The van der Waals surface area contributed by atoms with Gasteiger partial charge in [-0.15, -0.1) is 0 Å². The van der Waals surface area contributed by atoms with Crippen LogP contribution in [0.15, 0.2) is 16.6 Å². The number of allylic oxidation sites excluding steroid dienone is 1. The molecule has 13 nitrogen and oxygen atoms in total. The second kappa shape index (κ2) is 22.8. The molecule has 0 aromatic carbocycles. The van der Waals surface area contributed by atoms with Crippen LogP contribution in [0.4, 0.5) is 4.79 Å². The van der Waals surface area contributed by atoms with E-state index in [0.29, 0.717) is 25.2 Å². The summed E-state index contributed by atoms with van der Waals surface area (Å²) in [5, 5.41) is 34.5. The third-order valence-electron chi connectivity index (χ3n) is 13.5. The Balaban J connectivity index is 0.00000841. The molecular formula is C42H68N3NaO10. The van der Waals surface area contributed by atoms with Gasteiger partial charge in [-0.3, -0.25) is 9.59 Å². The first-order valence-electron chi connectivity index (χ1n) is 20.9. The molecule has 9 atom stereocenters. The normalized spacial score (nSPS) is 29.4. The summed E-state index contributed by atoms with van der Waals surface area (Å²) in [5.41, 5.74) is 2.19. The molecule has 0 aliphatic heterocycles. The van der Waals surface area contributed by atoms with Gasteiger partial charge in [0.1, 0.15) is 12.1 Å². The molecule has 4 rings (SSSR count). The van der Waals surface area contributed by atoms with E-state index in [9.17, 15) is 24.3 Å². The van der Waals surface area contributed by atoms with Gasteiger partial charge in [0.15, 0.2) is 0 Å². The summed E-state index contributed by atoms with van der Waals surface area (Å²) in [4.78, 5) is 50.0. The van der Waals surface area contributed by atoms with Crippen molar-refractivity contribution in [1.82, 2.24) is 10.6 Å². The number of aliphatic carboxylic acids is 2. The van der Waals surface area contributed by atoms with Crippen molar-refractivity contribution in [2.75, 3.05) is 39.5 Å². The fraction of sp³-hybridized carbons (Fsp3) is 0.833. The van der Waals surface area contributed by atoms with Gasteiger partial charge < -0.3 is 45.2 Å². The van der Waals surface area contributed by atoms with Gasteiger partial charge in [-0.1, -0.05) is 65.5 Å². The van der Waals surface area contributed by atoms with Crippen LogP contribution in [0.2, 0.25) is 0 Å². The first kappa shape index (κ1) is 48.2. The van der Waals surface area contributed by atoms with Crippen molar-refractivity contribution in [2.24, 2.45) is 51.3 Å². The smallest absolute Gasteiger partial charge is 0.862 e. The molecule has 3 fully saturated rings. The second-order valence-corrected chi connectivity index (χ2v) is 17.5. The second-order valence-electron chi connectivity index (χ2n) is 17.5. The zero-order valence-electron chi connectivity index (χ0n) is 34.9. The summed E-state index contributed by atoms with van der Waals surface area (Å²) in [5.74, 6) is 0.684. The number of ether oxygens (including phenoxy) is 3. The maximum Gasteiger partial charge on any atom is 1.00 e. The minimum Gasteiger partial charge on any atom is -0.862 e. The Morgan fingerprint density at radius 2 is 1.68 bits per heavy atom. The van der Waals surface area contributed by atoms with E-state index in [-0.39, 0.29) is 73.7 Å². The number of nitrogens with one attached hydrogen (secondary N) is 2. The summed E-state index contributed by atoms with van der Waals surface area (Å²) in [7, 11) is 0. The summed E-state index contributed by atoms with van der Waals surface area (Å²) in [6.45, 7) is 13.8. The van der Waals surface area contributed by atoms with E-state index in [4.69, 9.17) is 24.4 Å². The standard InChI is InChI=1S/C42H69N3O10.Na/c1-27(2)7-6-8-28(3)32-11-12-33-31-10-9-29-25-30(15-17-41(29,4)34(31)16-18-42(32,33)5)55-40(52)44-20-22-54-24-23-53-21-19-43-36(46)13-14-37(47)45-35(39(50)51)26-38(48)49;/h9,27-28,30-35H,6-8,10-26H2,1-5H3,(H,43,46)(H,44,52)(H,45,47)(H,48,49)(H,50,51);/q;+1/p-1/t28-,30?,31+,32-,33+,34+,35+,41+,42-;/m1./s1. The van der Waals surface area contributed by atoms with E-state index in [1.165, 1.54) is 56.9 Å². The predicted molar refractivity (Wildman–Crippen MR) is 206 cm³/mol. The Bertz CT molecular complexity index is 1380. The number of carboxylic acid groups (broad SMARTS) is 2. The number of hydrogen-bond donors (Lipinski definition) is 4. The van der Waals surface area contributed by atoms with Gasteiger partial charge in [0, 0.05) is 19.4 Å². The number of nitrogens with zero attached hydrogens (tertiary/aromatic N) is 1. The van der Waals surface area contributed by atoms with E-state index < -0.39 is 42.3 Å². The van der Waals surface area contributed by atoms with Crippen molar-refractivity contribution in [3.8, 4) is 0 Å². The average molecular weight is 798 g/mol. The topological polar surface area (TPSA) is 196 Å². The SMILES string of the molecule is CC(C)CCC[C@@H](C)[C@H]1CC[C@H]2[C@@H]3CC=C4CC(OC(=O)NCCOCCOCCN=C([O-])CCC(=O)N[C@@H](CC(=O)O)C(=O)O)CC[C@]4(C)[C@H]3CC[C@]12C.[Na+]. The van der Waals surface area contributed by atoms with Crippen LogP contribution in [0.5, 0.6) is 0 Å². The number of carbonyl (C=O) groups excluding carboxylic acids is 2. The molecule has 1 unspecified atom stereocenters. The molecule has 14 heteroatoms. The van der Waals surface area contributed by atoms with E-state index >= 15 is 0 Å². The molecule has 0 aromatic heterocycles. The van der Waals surface area contributed by atoms with Crippen LogP contribution in [0.1, 0.15) is 125 Å². The number of carbonyl (C=O) groups is 4. The largest absolute Gasteiger partial charge is 1.00 e. The Morgan fingerprint density at radius 1 is 0.946 bits per heavy atom. The van der Waals surface area contributed by atoms with Crippen molar-refractivity contribution in [1.29, 1.82) is 0 Å². The molecule has 3 saturated carbocycles. The fourth-order valence-electron chi connectivity index (χ4n) is 10.7. The minimum absolute atomic E-state index is 0. The molecule has 0 heterocycles. The van der Waals surface area contributed by atoms with Crippen LogP contribution in [0, 0.1) is 46.3 Å². The summed E-state index contributed by atoms with van der Waals surface area (Å²) < 4.78 is 16.8. The third-order valence-corrected chi connectivity index (χ3v) is 13.5. The zero-order valence-corrected chi connectivity index (χ0v) is 36.9. The molecule has 0 bridgehead atoms. The number of aliphatic imine (C=N–C) groups is 1. The molecule has 4 N–H and O–H groups in total. The van der Waals surface area contributed by atoms with Crippen LogP contribution < -0.4 is 45.3 Å². The molecule has 2 amide bonds. The molecule has 0 spiro atoms. The molecule has 0 radical (unpaired) electrons. The molecular weight excluding hydrogens is 729 g/mol. The van der Waals surface area contributed by atoms with Crippen LogP contribution in [0.3, 0.4) is 0 Å². The number of alkyl carbamates (subject to hydrolysis) is 1. The van der Waals surface area contributed by atoms with Crippen LogP contribution in [0.25, 0.3) is 0 Å². The fourth-order valence-corrected chi connectivity index (χ4v) is 10.7. The Hall–Kier alpha value is -2.19. The monoisotopic (exact) mass is 797 g/mol. The Labute approximate surface area is 356 Å². The summed E-state index contributed by atoms with van der Waals surface area (Å²) in [6.07, 6.45) is 14.2. The molecule has 0 aromatic rings. The molecule has 0 saturated heterocycles. The van der Waals surface area contributed by atoms with Crippen molar-refractivity contribution in [2.45, 2.75) is 137 Å². The van der Waals surface area contributed by atoms with Gasteiger partial charge in [0.25, 0.3) is 0 Å². The number of rotatable bonds is 22. The van der Waals surface area contributed by atoms with Crippen LogP contribution in [-0.2, 0) is 28.6 Å². The van der Waals surface area contributed by atoms with Gasteiger partial charge in [-0.25, -0.2) is 9.59 Å². The number of fused-ring (bicyclic) bond motifs is 5. The van der Waals surface area contributed by atoms with E-state index in [1.807, 2.05) is 0 Å². The summed E-state index contributed by atoms with van der Waals surface area (Å²) in [6, 6.07) is -1.56. The number of hydrogen-bond acceptors (Lipinski definition) is 9. The van der Waals surface area contributed by atoms with E-state index in [1.54, 1.807) is 0 Å². The van der Waals surface area contributed by atoms with Gasteiger partial charge >= 0.3 is 47.6 Å². The third kappa shape index (κ3) is 13.4. The maximum absolute atomic E-state index is 12.6. The zero-order chi connectivity index (χ0) is 40.2. The van der Waals surface area contributed by atoms with E-state index in [2.05, 4.69) is 56.3 Å². The van der Waals surface area contributed by atoms with Gasteiger partial charge in [-0.05, 0) is 104 Å². The quantitative estimate of drug-likeness (QED) is 0.0416. The van der Waals surface area contributed by atoms with Crippen LogP contribution in [-0.4, -0.2) is 91.7 Å². The maximum atomic E-state index is 12.6. The van der Waals surface area contributed by atoms with Crippen molar-refractivity contribution in [3.63, 3.8) is 0 Å². The minimum atomic E-state index is -1.56. The van der Waals surface area contributed by atoms with Crippen molar-refractivity contribution >= 4 is 29.8 Å². The van der Waals surface area contributed by atoms with Gasteiger partial charge in [-0.2, -0.15) is 0 Å².